The van der Waals surface area contributed by atoms with Crippen molar-refractivity contribution in [3.05, 3.63) is 23.3 Å². The summed E-state index contributed by atoms with van der Waals surface area (Å²) < 4.78 is 34.6. The molecule has 1 saturated heterocycles. The van der Waals surface area contributed by atoms with Crippen LogP contribution in [0.1, 0.15) is 30.1 Å². The lowest BCUT2D eigenvalue weighted by atomic mass is 9.82. The molecule has 2 aliphatic rings. The third-order valence-corrected chi connectivity index (χ3v) is 7.28. The molecule has 0 bridgehead atoms. The maximum absolute atomic E-state index is 11.7. The Morgan fingerprint density at radius 3 is 1.83 bits per heavy atom. The summed E-state index contributed by atoms with van der Waals surface area (Å²) in [5.41, 5.74) is 1.88. The summed E-state index contributed by atoms with van der Waals surface area (Å²) in [5.74, 6) is 3.18. The standard InChI is InChI=1S/C26H31NO7.ClH/c1-29-17-10-13-19-15(12-27-9-7-8-16(27)22(19)28)21-14(20(13)25(33-5)23(17)31-3)11-18(30-2)24(32-4)26(21)34-6;/h10-11,16,22,28H,7-9,12H2,1-6H3;1H. The number of rotatable bonds is 6. The van der Waals surface area contributed by atoms with E-state index in [4.69, 9.17) is 28.4 Å². The lowest BCUT2D eigenvalue weighted by molar-refractivity contribution is 0.0551. The Hall–Kier alpha value is -2.81. The van der Waals surface area contributed by atoms with Crippen LogP contribution in [0.4, 0.5) is 0 Å². The molecule has 3 aromatic rings. The topological polar surface area (TPSA) is 78.9 Å². The molecule has 2 atom stereocenters. The number of benzene rings is 3. The quantitative estimate of drug-likeness (QED) is 0.491. The third-order valence-electron chi connectivity index (χ3n) is 7.28. The van der Waals surface area contributed by atoms with Crippen molar-refractivity contribution in [1.29, 1.82) is 0 Å². The number of hydrogen-bond donors (Lipinski definition) is 1. The molecule has 0 radical (unpaired) electrons. The predicted octanol–water partition coefficient (Wildman–Crippen LogP) is 4.48. The Morgan fingerprint density at radius 2 is 1.29 bits per heavy atom. The number of fused-ring (bicyclic) bond motifs is 7. The minimum atomic E-state index is -0.668. The number of aliphatic hydroxyl groups is 1. The first kappa shape index (κ1) is 25.3. The van der Waals surface area contributed by atoms with E-state index < -0.39 is 6.10 Å². The van der Waals surface area contributed by atoms with Gasteiger partial charge in [0.1, 0.15) is 0 Å². The number of nitrogens with zero attached hydrogens (tertiary/aromatic N) is 1. The Kier molecular flexibility index (Phi) is 6.99. The second-order valence-electron chi connectivity index (χ2n) is 8.65. The summed E-state index contributed by atoms with van der Waals surface area (Å²) >= 11 is 0. The second kappa shape index (κ2) is 9.68. The first-order chi connectivity index (χ1) is 16.5. The zero-order valence-corrected chi connectivity index (χ0v) is 21.7. The zero-order chi connectivity index (χ0) is 24.1. The SMILES string of the molecule is COc1cc2c(c3c(c4cc(OC)c(OC)c(OC)c42)C(O)C2CCCN2C3)c(OC)c1OC.Cl. The van der Waals surface area contributed by atoms with Gasteiger partial charge in [0.25, 0.3) is 0 Å². The number of ether oxygens (including phenoxy) is 6. The smallest absolute Gasteiger partial charge is 0.203 e. The molecule has 0 aliphatic carbocycles. The molecule has 0 spiro atoms. The van der Waals surface area contributed by atoms with Crippen molar-refractivity contribution in [2.75, 3.05) is 49.2 Å². The molecule has 1 fully saturated rings. The Bertz CT molecular complexity index is 1280. The van der Waals surface area contributed by atoms with Gasteiger partial charge < -0.3 is 33.5 Å². The Morgan fingerprint density at radius 1 is 0.743 bits per heavy atom. The van der Waals surface area contributed by atoms with Gasteiger partial charge in [0, 0.05) is 28.7 Å². The number of aliphatic hydroxyl groups excluding tert-OH is 1. The van der Waals surface area contributed by atoms with E-state index in [-0.39, 0.29) is 18.4 Å². The summed E-state index contributed by atoms with van der Waals surface area (Å²) in [6.07, 6.45) is 1.34. The molecule has 9 heteroatoms. The average Bonchev–Trinajstić information content (AvgIpc) is 3.34. The minimum absolute atomic E-state index is 0. The van der Waals surface area contributed by atoms with Gasteiger partial charge in [-0.2, -0.15) is 0 Å². The first-order valence-corrected chi connectivity index (χ1v) is 11.4. The summed E-state index contributed by atoms with van der Waals surface area (Å²) in [5, 5.41) is 15.1. The lowest BCUT2D eigenvalue weighted by Crippen LogP contribution is -2.39. The fraction of sp³-hybridized carbons (Fsp3) is 0.462. The van der Waals surface area contributed by atoms with E-state index in [9.17, 15) is 5.11 Å². The largest absolute Gasteiger partial charge is 0.493 e. The second-order valence-corrected chi connectivity index (χ2v) is 8.65. The van der Waals surface area contributed by atoms with Crippen molar-refractivity contribution in [3.8, 4) is 34.5 Å². The Balaban J connectivity index is 0.00000289. The maximum Gasteiger partial charge on any atom is 0.203 e. The molecule has 5 rings (SSSR count). The summed E-state index contributed by atoms with van der Waals surface area (Å²) in [4.78, 5) is 2.35. The minimum Gasteiger partial charge on any atom is -0.493 e. The van der Waals surface area contributed by atoms with Crippen LogP contribution < -0.4 is 28.4 Å². The summed E-state index contributed by atoms with van der Waals surface area (Å²) in [7, 11) is 9.61. The molecule has 8 nitrogen and oxygen atoms in total. The molecular weight excluding hydrogens is 474 g/mol. The van der Waals surface area contributed by atoms with E-state index in [1.54, 1.807) is 42.7 Å². The van der Waals surface area contributed by atoms with Crippen molar-refractivity contribution in [2.24, 2.45) is 0 Å². The molecule has 0 amide bonds. The van der Waals surface area contributed by atoms with Crippen LogP contribution in [-0.4, -0.2) is 65.3 Å². The fourth-order valence-corrected chi connectivity index (χ4v) is 5.89. The van der Waals surface area contributed by atoms with Gasteiger partial charge in [0.15, 0.2) is 23.0 Å². The molecule has 3 aromatic carbocycles. The van der Waals surface area contributed by atoms with Crippen molar-refractivity contribution in [2.45, 2.75) is 31.5 Å². The monoisotopic (exact) mass is 505 g/mol. The molecular formula is C26H32ClNO7. The first-order valence-electron chi connectivity index (χ1n) is 11.4. The summed E-state index contributed by atoms with van der Waals surface area (Å²) in [6.45, 7) is 1.65. The van der Waals surface area contributed by atoms with Gasteiger partial charge in [0.2, 0.25) is 11.5 Å². The van der Waals surface area contributed by atoms with Gasteiger partial charge in [-0.1, -0.05) is 0 Å². The molecule has 2 heterocycles. The van der Waals surface area contributed by atoms with E-state index in [1.807, 2.05) is 12.1 Å². The van der Waals surface area contributed by atoms with Crippen LogP contribution in [0.2, 0.25) is 0 Å². The third kappa shape index (κ3) is 3.50. The van der Waals surface area contributed by atoms with E-state index in [2.05, 4.69) is 4.90 Å². The van der Waals surface area contributed by atoms with Crippen molar-refractivity contribution < 1.29 is 33.5 Å². The van der Waals surface area contributed by atoms with Crippen molar-refractivity contribution in [3.63, 3.8) is 0 Å². The molecule has 2 aliphatic heterocycles. The highest BCUT2D eigenvalue weighted by molar-refractivity contribution is 6.18. The molecule has 190 valence electrons. The van der Waals surface area contributed by atoms with Gasteiger partial charge in [-0.15, -0.1) is 12.4 Å². The Labute approximate surface area is 211 Å². The molecule has 2 unspecified atom stereocenters. The number of halogens is 1. The maximum atomic E-state index is 11.7. The van der Waals surface area contributed by atoms with Crippen molar-refractivity contribution >= 4 is 34.0 Å². The van der Waals surface area contributed by atoms with E-state index in [1.165, 1.54) is 0 Å². The highest BCUT2D eigenvalue weighted by Gasteiger charge is 2.40. The average molecular weight is 506 g/mol. The number of methoxy groups -OCH3 is 6. The lowest BCUT2D eigenvalue weighted by Gasteiger charge is -2.38. The highest BCUT2D eigenvalue weighted by atomic mass is 35.5. The fourth-order valence-electron chi connectivity index (χ4n) is 5.89. The molecule has 1 N–H and O–H groups in total. The van der Waals surface area contributed by atoms with E-state index in [0.717, 1.165) is 52.1 Å². The van der Waals surface area contributed by atoms with Crippen LogP contribution in [0.25, 0.3) is 21.5 Å². The number of hydrogen-bond acceptors (Lipinski definition) is 8. The summed E-state index contributed by atoms with van der Waals surface area (Å²) in [6, 6.07) is 3.95. The van der Waals surface area contributed by atoms with Crippen molar-refractivity contribution in [1.82, 2.24) is 4.90 Å². The van der Waals surface area contributed by atoms with Gasteiger partial charge >= 0.3 is 0 Å². The van der Waals surface area contributed by atoms with Gasteiger partial charge in [0.05, 0.1) is 48.8 Å². The van der Waals surface area contributed by atoms with Gasteiger partial charge in [-0.3, -0.25) is 4.90 Å². The normalized spacial score (nSPS) is 19.1. The molecule has 0 aromatic heterocycles. The highest BCUT2D eigenvalue weighted by Crippen LogP contribution is 2.56. The van der Waals surface area contributed by atoms with Gasteiger partial charge in [-0.05, 0) is 48.0 Å². The molecule has 0 saturated carbocycles. The zero-order valence-electron chi connectivity index (χ0n) is 20.9. The van der Waals surface area contributed by atoms with E-state index >= 15 is 0 Å². The van der Waals surface area contributed by atoms with Gasteiger partial charge in [-0.25, -0.2) is 0 Å². The van der Waals surface area contributed by atoms with E-state index in [0.29, 0.717) is 41.0 Å². The van der Waals surface area contributed by atoms with Crippen LogP contribution >= 0.6 is 12.4 Å². The van der Waals surface area contributed by atoms with Crippen LogP contribution in [0.3, 0.4) is 0 Å². The predicted molar refractivity (Wildman–Crippen MR) is 136 cm³/mol. The van der Waals surface area contributed by atoms with Crippen LogP contribution in [0.5, 0.6) is 34.5 Å². The van der Waals surface area contributed by atoms with Crippen LogP contribution in [0.15, 0.2) is 12.1 Å². The van der Waals surface area contributed by atoms with Crippen LogP contribution in [-0.2, 0) is 6.54 Å². The molecule has 35 heavy (non-hydrogen) atoms. The van der Waals surface area contributed by atoms with Crippen LogP contribution in [0, 0.1) is 0 Å².